The maximum absolute atomic E-state index is 12.8. The van der Waals surface area contributed by atoms with Gasteiger partial charge in [-0.3, -0.25) is 4.21 Å². The first kappa shape index (κ1) is 16.8. The summed E-state index contributed by atoms with van der Waals surface area (Å²) in [5.41, 5.74) is 1.19. The van der Waals surface area contributed by atoms with Crippen LogP contribution in [-0.4, -0.2) is 19.5 Å². The highest BCUT2D eigenvalue weighted by Gasteiger charge is 2.30. The van der Waals surface area contributed by atoms with Crippen LogP contribution in [0.2, 0.25) is 0 Å². The number of rotatable bonds is 4. The third-order valence-electron chi connectivity index (χ3n) is 2.70. The first-order chi connectivity index (χ1) is 8.61. The van der Waals surface area contributed by atoms with E-state index in [0.717, 1.165) is 5.75 Å². The van der Waals surface area contributed by atoms with Gasteiger partial charge in [-0.1, -0.05) is 51.1 Å². The normalized spacial score (nSPS) is 16.1. The third kappa shape index (κ3) is 5.70. The maximum atomic E-state index is 12.8. The zero-order valence-electron chi connectivity index (χ0n) is 12.9. The molecule has 0 bridgehead atoms. The van der Waals surface area contributed by atoms with Crippen LogP contribution < -0.4 is 0 Å². The second-order valence-corrected chi connectivity index (χ2v) is 11.0. The van der Waals surface area contributed by atoms with Crippen molar-refractivity contribution in [3.05, 3.63) is 35.9 Å². The fraction of sp³-hybridized carbons (Fsp3) is 0.625. The SMILES string of the molecule is CC(C)(C)SC[C@@H](c1ccccc1)[S@@](=O)C(C)(C)C. The minimum Gasteiger partial charge on any atom is -0.258 e. The molecule has 0 saturated carbocycles. The van der Waals surface area contributed by atoms with Crippen molar-refractivity contribution in [3.63, 3.8) is 0 Å². The Hall–Kier alpha value is -0.280. The Labute approximate surface area is 125 Å². The zero-order chi connectivity index (χ0) is 14.7. The molecule has 0 heterocycles. The van der Waals surface area contributed by atoms with Gasteiger partial charge in [-0.15, -0.1) is 0 Å². The lowest BCUT2D eigenvalue weighted by Gasteiger charge is -2.28. The molecule has 1 nitrogen and oxygen atoms in total. The van der Waals surface area contributed by atoms with Crippen LogP contribution in [0.1, 0.15) is 52.4 Å². The molecular formula is C16H26OS2. The Bertz CT molecular complexity index is 413. The van der Waals surface area contributed by atoms with Gasteiger partial charge in [0, 0.05) is 26.0 Å². The Morgan fingerprint density at radius 2 is 1.58 bits per heavy atom. The molecule has 0 spiro atoms. The van der Waals surface area contributed by atoms with Crippen LogP contribution >= 0.6 is 11.8 Å². The Kier molecular flexibility index (Phi) is 5.69. The van der Waals surface area contributed by atoms with Gasteiger partial charge in [0.2, 0.25) is 0 Å². The molecule has 0 aliphatic carbocycles. The van der Waals surface area contributed by atoms with Crippen molar-refractivity contribution in [2.45, 2.75) is 56.3 Å². The highest BCUT2D eigenvalue weighted by Crippen LogP contribution is 2.35. The lowest BCUT2D eigenvalue weighted by atomic mass is 10.2. The van der Waals surface area contributed by atoms with Crippen molar-refractivity contribution in [1.29, 1.82) is 0 Å². The van der Waals surface area contributed by atoms with Crippen LogP contribution in [0.25, 0.3) is 0 Å². The van der Waals surface area contributed by atoms with Crippen molar-refractivity contribution >= 4 is 22.6 Å². The van der Waals surface area contributed by atoms with Gasteiger partial charge in [-0.25, -0.2) is 0 Å². The first-order valence-electron chi connectivity index (χ1n) is 6.71. The number of hydrogen-bond acceptors (Lipinski definition) is 2. The van der Waals surface area contributed by atoms with E-state index in [1.807, 2.05) is 30.0 Å². The smallest absolute Gasteiger partial charge is 0.0693 e. The summed E-state index contributed by atoms with van der Waals surface area (Å²) in [4.78, 5) is 0. The van der Waals surface area contributed by atoms with E-state index in [-0.39, 0.29) is 14.7 Å². The largest absolute Gasteiger partial charge is 0.258 e. The molecule has 0 unspecified atom stereocenters. The average Bonchev–Trinajstić information content (AvgIpc) is 2.27. The van der Waals surface area contributed by atoms with Crippen molar-refractivity contribution in [1.82, 2.24) is 0 Å². The van der Waals surface area contributed by atoms with Gasteiger partial charge >= 0.3 is 0 Å². The van der Waals surface area contributed by atoms with Crippen LogP contribution in [0.15, 0.2) is 30.3 Å². The molecule has 1 rings (SSSR count). The number of thioether (sulfide) groups is 1. The van der Waals surface area contributed by atoms with E-state index >= 15 is 0 Å². The molecule has 0 aromatic heterocycles. The Morgan fingerprint density at radius 1 is 1.05 bits per heavy atom. The summed E-state index contributed by atoms with van der Waals surface area (Å²) in [5.74, 6) is 0.900. The molecule has 2 atom stereocenters. The standard InChI is InChI=1S/C16H26OS2/c1-15(2,3)18-12-14(19(17)16(4,5)6)13-10-8-7-9-11-13/h7-11,14H,12H2,1-6H3/t14-,19+/m0/s1. The molecule has 3 heteroatoms. The quantitative estimate of drug-likeness (QED) is 0.793. The topological polar surface area (TPSA) is 17.1 Å². The predicted octanol–water partition coefficient (Wildman–Crippen LogP) is 4.81. The second-order valence-electron chi connectivity index (χ2n) is 6.73. The third-order valence-corrected chi connectivity index (χ3v) is 6.44. The van der Waals surface area contributed by atoms with Crippen LogP contribution in [0.3, 0.4) is 0 Å². The molecule has 108 valence electrons. The molecule has 0 fully saturated rings. The van der Waals surface area contributed by atoms with E-state index in [1.165, 1.54) is 5.56 Å². The van der Waals surface area contributed by atoms with E-state index in [1.54, 1.807) is 0 Å². The molecule has 0 radical (unpaired) electrons. The van der Waals surface area contributed by atoms with E-state index in [2.05, 4.69) is 53.7 Å². The van der Waals surface area contributed by atoms with Crippen molar-refractivity contribution < 1.29 is 4.21 Å². The van der Waals surface area contributed by atoms with Gasteiger partial charge in [-0.2, -0.15) is 11.8 Å². The highest BCUT2D eigenvalue weighted by molar-refractivity contribution is 8.01. The fourth-order valence-corrected chi connectivity index (χ4v) is 4.50. The summed E-state index contributed by atoms with van der Waals surface area (Å²) in [7, 11) is -0.882. The molecular weight excluding hydrogens is 272 g/mol. The van der Waals surface area contributed by atoms with Gasteiger partial charge in [-0.05, 0) is 26.3 Å². The molecule has 0 N–H and O–H groups in total. The molecule has 0 amide bonds. The van der Waals surface area contributed by atoms with E-state index in [0.29, 0.717) is 0 Å². The summed E-state index contributed by atoms with van der Waals surface area (Å²) in [5, 5.41) is 0.102. The molecule has 0 aliphatic heterocycles. The molecule has 1 aromatic rings. The van der Waals surface area contributed by atoms with Crippen LogP contribution in [-0.2, 0) is 10.8 Å². The van der Waals surface area contributed by atoms with Crippen LogP contribution in [0, 0.1) is 0 Å². The van der Waals surface area contributed by atoms with E-state index < -0.39 is 10.8 Å². The van der Waals surface area contributed by atoms with Crippen LogP contribution in [0.5, 0.6) is 0 Å². The number of hydrogen-bond donors (Lipinski definition) is 0. The number of benzene rings is 1. The highest BCUT2D eigenvalue weighted by atomic mass is 32.2. The lowest BCUT2D eigenvalue weighted by molar-refractivity contribution is 0.640. The molecule has 1 aromatic carbocycles. The van der Waals surface area contributed by atoms with Gasteiger partial charge < -0.3 is 0 Å². The van der Waals surface area contributed by atoms with Gasteiger partial charge in [0.05, 0.1) is 5.25 Å². The minimum absolute atomic E-state index is 0.102. The summed E-state index contributed by atoms with van der Waals surface area (Å²) >= 11 is 1.89. The Morgan fingerprint density at radius 3 is 2.00 bits per heavy atom. The molecule has 0 aliphatic rings. The fourth-order valence-electron chi connectivity index (χ4n) is 1.70. The summed E-state index contributed by atoms with van der Waals surface area (Å²) < 4.78 is 12.8. The summed E-state index contributed by atoms with van der Waals surface area (Å²) in [6, 6.07) is 10.3. The van der Waals surface area contributed by atoms with Crippen molar-refractivity contribution in [2.75, 3.05) is 5.75 Å². The van der Waals surface area contributed by atoms with Crippen molar-refractivity contribution in [3.8, 4) is 0 Å². The summed E-state index contributed by atoms with van der Waals surface area (Å²) in [6.45, 7) is 12.8. The lowest BCUT2D eigenvalue weighted by Crippen LogP contribution is -2.28. The first-order valence-corrected chi connectivity index (χ1v) is 8.91. The van der Waals surface area contributed by atoms with E-state index in [9.17, 15) is 4.21 Å². The monoisotopic (exact) mass is 298 g/mol. The summed E-state index contributed by atoms with van der Waals surface area (Å²) in [6.07, 6.45) is 0. The minimum atomic E-state index is -0.882. The van der Waals surface area contributed by atoms with E-state index in [4.69, 9.17) is 0 Å². The predicted molar refractivity (Wildman–Crippen MR) is 89.3 cm³/mol. The Balaban J connectivity index is 2.96. The van der Waals surface area contributed by atoms with Gasteiger partial charge in [0.1, 0.15) is 0 Å². The molecule has 19 heavy (non-hydrogen) atoms. The van der Waals surface area contributed by atoms with Crippen molar-refractivity contribution in [2.24, 2.45) is 0 Å². The second kappa shape index (κ2) is 6.45. The average molecular weight is 299 g/mol. The maximum Gasteiger partial charge on any atom is 0.0693 e. The zero-order valence-corrected chi connectivity index (χ0v) is 14.5. The van der Waals surface area contributed by atoms with Crippen LogP contribution in [0.4, 0.5) is 0 Å². The molecule has 0 saturated heterocycles. The van der Waals surface area contributed by atoms with Gasteiger partial charge in [0.25, 0.3) is 0 Å². The van der Waals surface area contributed by atoms with Gasteiger partial charge in [0.15, 0.2) is 0 Å².